The van der Waals surface area contributed by atoms with Crippen LogP contribution >= 0.6 is 0 Å². The van der Waals surface area contributed by atoms with Crippen molar-refractivity contribution in [3.63, 3.8) is 0 Å². The summed E-state index contributed by atoms with van der Waals surface area (Å²) < 4.78 is 0. The molecule has 4 rings (SSSR count). The number of pyridine rings is 1. The zero-order valence-electron chi connectivity index (χ0n) is 12.9. The number of hydrogen-bond acceptors (Lipinski definition) is 3. The number of aromatic amines is 1. The van der Waals surface area contributed by atoms with Gasteiger partial charge in [0.25, 0.3) is 5.91 Å². The molecule has 2 amide bonds. The molecule has 0 unspecified atom stereocenters. The summed E-state index contributed by atoms with van der Waals surface area (Å²) in [6, 6.07) is 7.61. The molecule has 1 aliphatic rings. The zero-order chi connectivity index (χ0) is 16.7. The van der Waals surface area contributed by atoms with Crippen molar-refractivity contribution in [1.29, 1.82) is 0 Å². The number of fused-ring (bicyclic) bond motifs is 1. The highest BCUT2D eigenvalue weighted by atomic mass is 16.2. The van der Waals surface area contributed by atoms with Gasteiger partial charge in [-0.1, -0.05) is 6.07 Å². The van der Waals surface area contributed by atoms with Crippen molar-refractivity contribution in [3.8, 4) is 11.1 Å². The molecule has 4 N–H and O–H groups in total. The first-order valence-electron chi connectivity index (χ1n) is 7.79. The van der Waals surface area contributed by atoms with Gasteiger partial charge in [-0.05, 0) is 36.6 Å². The molecule has 6 nitrogen and oxygen atoms in total. The number of carbonyl (C=O) groups is 2. The predicted molar refractivity (Wildman–Crippen MR) is 91.4 cm³/mol. The van der Waals surface area contributed by atoms with Gasteiger partial charge < -0.3 is 16.0 Å². The first kappa shape index (κ1) is 14.4. The molecule has 3 aromatic rings. The standard InChI is InChI=1S/C18H16N4O2/c19-17(23)15-9-21-16-4-3-11(6-14(15)16)12-5-13(8-20-7-12)22-18(24)10-1-2-10/h3-10,21H,1-2H2,(H2,19,23)(H,22,24). The summed E-state index contributed by atoms with van der Waals surface area (Å²) >= 11 is 0. The van der Waals surface area contributed by atoms with Crippen molar-refractivity contribution in [2.75, 3.05) is 5.32 Å². The molecule has 120 valence electrons. The summed E-state index contributed by atoms with van der Waals surface area (Å²) in [4.78, 5) is 30.6. The highest BCUT2D eigenvalue weighted by molar-refractivity contribution is 6.07. The summed E-state index contributed by atoms with van der Waals surface area (Å²) in [7, 11) is 0. The van der Waals surface area contributed by atoms with Crippen molar-refractivity contribution in [2.45, 2.75) is 12.8 Å². The summed E-state index contributed by atoms with van der Waals surface area (Å²) in [5.74, 6) is -0.281. The topological polar surface area (TPSA) is 101 Å². The molecular formula is C18H16N4O2. The van der Waals surface area contributed by atoms with E-state index in [0.717, 1.165) is 34.9 Å². The van der Waals surface area contributed by atoms with E-state index in [1.807, 2.05) is 24.3 Å². The van der Waals surface area contributed by atoms with Crippen LogP contribution in [-0.4, -0.2) is 21.8 Å². The minimum Gasteiger partial charge on any atom is -0.366 e. The first-order valence-corrected chi connectivity index (χ1v) is 7.79. The van der Waals surface area contributed by atoms with Crippen LogP contribution in [0.5, 0.6) is 0 Å². The maximum absolute atomic E-state index is 11.9. The van der Waals surface area contributed by atoms with E-state index in [0.29, 0.717) is 11.3 Å². The number of anilines is 1. The van der Waals surface area contributed by atoms with Crippen LogP contribution in [0, 0.1) is 5.92 Å². The fourth-order valence-electron chi connectivity index (χ4n) is 2.76. The first-order chi connectivity index (χ1) is 11.6. The Balaban J connectivity index is 1.70. The van der Waals surface area contributed by atoms with Crippen molar-refractivity contribution in [2.24, 2.45) is 11.7 Å². The van der Waals surface area contributed by atoms with Crippen LogP contribution < -0.4 is 11.1 Å². The van der Waals surface area contributed by atoms with Crippen LogP contribution in [0.3, 0.4) is 0 Å². The van der Waals surface area contributed by atoms with Crippen LogP contribution in [0.15, 0.2) is 42.9 Å². The average Bonchev–Trinajstić information content (AvgIpc) is 3.34. The molecule has 1 fully saturated rings. The van der Waals surface area contributed by atoms with Crippen molar-refractivity contribution in [1.82, 2.24) is 9.97 Å². The monoisotopic (exact) mass is 320 g/mol. The van der Waals surface area contributed by atoms with Crippen molar-refractivity contribution in [3.05, 3.63) is 48.4 Å². The van der Waals surface area contributed by atoms with Gasteiger partial charge in [-0.2, -0.15) is 0 Å². The van der Waals surface area contributed by atoms with Crippen molar-refractivity contribution < 1.29 is 9.59 Å². The largest absolute Gasteiger partial charge is 0.366 e. The number of amides is 2. The number of aromatic nitrogens is 2. The number of nitrogens with two attached hydrogens (primary N) is 1. The highest BCUT2D eigenvalue weighted by Gasteiger charge is 2.29. The lowest BCUT2D eigenvalue weighted by atomic mass is 10.0. The average molecular weight is 320 g/mol. The predicted octanol–water partition coefficient (Wildman–Crippen LogP) is 2.68. The van der Waals surface area contributed by atoms with E-state index in [1.54, 1.807) is 18.6 Å². The van der Waals surface area contributed by atoms with Crippen LogP contribution in [0.25, 0.3) is 22.0 Å². The maximum Gasteiger partial charge on any atom is 0.250 e. The number of rotatable bonds is 4. The Morgan fingerprint density at radius 2 is 2.00 bits per heavy atom. The Bertz CT molecular complexity index is 957. The molecule has 1 aliphatic carbocycles. The van der Waals surface area contributed by atoms with E-state index in [1.165, 1.54) is 0 Å². The van der Waals surface area contributed by atoms with Gasteiger partial charge in [-0.3, -0.25) is 14.6 Å². The fraction of sp³-hybridized carbons (Fsp3) is 0.167. The Hall–Kier alpha value is -3.15. The van der Waals surface area contributed by atoms with Gasteiger partial charge in [0.15, 0.2) is 0 Å². The van der Waals surface area contributed by atoms with Crippen LogP contribution in [0.1, 0.15) is 23.2 Å². The fourth-order valence-corrected chi connectivity index (χ4v) is 2.76. The molecule has 6 heteroatoms. The Morgan fingerprint density at radius 3 is 2.75 bits per heavy atom. The highest BCUT2D eigenvalue weighted by Crippen LogP contribution is 2.31. The second kappa shape index (κ2) is 5.49. The number of nitrogens with one attached hydrogen (secondary N) is 2. The summed E-state index contributed by atoms with van der Waals surface area (Å²) in [5.41, 5.74) is 9.15. The third kappa shape index (κ3) is 2.62. The number of carbonyl (C=O) groups excluding carboxylic acids is 2. The molecule has 0 bridgehead atoms. The van der Waals surface area contributed by atoms with E-state index < -0.39 is 5.91 Å². The van der Waals surface area contributed by atoms with Gasteiger partial charge in [0, 0.05) is 34.8 Å². The summed E-state index contributed by atoms with van der Waals surface area (Å²) in [6.45, 7) is 0. The lowest BCUT2D eigenvalue weighted by Crippen LogP contribution is -2.13. The molecular weight excluding hydrogens is 304 g/mol. The van der Waals surface area contributed by atoms with Crippen molar-refractivity contribution >= 4 is 28.4 Å². The van der Waals surface area contributed by atoms with Gasteiger partial charge in [0.05, 0.1) is 17.4 Å². The van der Waals surface area contributed by atoms with Gasteiger partial charge in [-0.25, -0.2) is 0 Å². The maximum atomic E-state index is 11.9. The summed E-state index contributed by atoms with van der Waals surface area (Å²) in [5, 5.41) is 3.66. The quantitative estimate of drug-likeness (QED) is 0.689. The molecule has 0 saturated heterocycles. The molecule has 1 saturated carbocycles. The molecule has 0 radical (unpaired) electrons. The number of primary amides is 1. The second-order valence-corrected chi connectivity index (χ2v) is 6.05. The summed E-state index contributed by atoms with van der Waals surface area (Å²) in [6.07, 6.45) is 6.89. The van der Waals surface area contributed by atoms with E-state index in [9.17, 15) is 9.59 Å². The number of nitrogens with zero attached hydrogens (tertiary/aromatic N) is 1. The third-order valence-electron chi connectivity index (χ3n) is 4.23. The Labute approximate surface area is 138 Å². The third-order valence-corrected chi connectivity index (χ3v) is 4.23. The van der Waals surface area contributed by atoms with E-state index in [2.05, 4.69) is 15.3 Å². The lowest BCUT2D eigenvalue weighted by Gasteiger charge is -2.07. The van der Waals surface area contributed by atoms with E-state index in [-0.39, 0.29) is 11.8 Å². The molecule has 0 aliphatic heterocycles. The van der Waals surface area contributed by atoms with Gasteiger partial charge in [0.1, 0.15) is 0 Å². The minimum absolute atomic E-state index is 0.0473. The normalized spacial score (nSPS) is 13.8. The Kier molecular flexibility index (Phi) is 3.30. The van der Waals surface area contributed by atoms with Crippen LogP contribution in [0.2, 0.25) is 0 Å². The van der Waals surface area contributed by atoms with E-state index in [4.69, 9.17) is 5.73 Å². The lowest BCUT2D eigenvalue weighted by molar-refractivity contribution is -0.117. The van der Waals surface area contributed by atoms with Gasteiger partial charge >= 0.3 is 0 Å². The molecule has 2 heterocycles. The van der Waals surface area contributed by atoms with Crippen LogP contribution in [-0.2, 0) is 4.79 Å². The molecule has 24 heavy (non-hydrogen) atoms. The van der Waals surface area contributed by atoms with E-state index >= 15 is 0 Å². The second-order valence-electron chi connectivity index (χ2n) is 6.05. The number of benzene rings is 1. The zero-order valence-corrected chi connectivity index (χ0v) is 12.9. The smallest absolute Gasteiger partial charge is 0.250 e. The van der Waals surface area contributed by atoms with Crippen LogP contribution in [0.4, 0.5) is 5.69 Å². The number of H-pyrrole nitrogens is 1. The molecule has 1 aromatic carbocycles. The molecule has 2 aromatic heterocycles. The minimum atomic E-state index is -0.470. The van der Waals surface area contributed by atoms with Gasteiger partial charge in [0.2, 0.25) is 5.91 Å². The molecule has 0 spiro atoms. The molecule has 0 atom stereocenters. The number of hydrogen-bond donors (Lipinski definition) is 3. The Morgan fingerprint density at radius 1 is 1.17 bits per heavy atom. The SMILES string of the molecule is NC(=O)c1c[nH]c2ccc(-c3cncc(NC(=O)C4CC4)c3)cc12. The van der Waals surface area contributed by atoms with Gasteiger partial charge in [-0.15, -0.1) is 0 Å².